The molecule has 3 aromatic heterocycles. The standard InChI is InChI=1S/C25H24N4O5S/c1-16-23-17(14-18(21-8-5-13-35-21)26-24(23)34-27-16)25(31)33-15-22(30)29-11-9-28(10-12-29)19-6-3-4-7-20(19)32-2/h3-8,13-14H,9-12,15H2,1-2H3. The molecule has 35 heavy (non-hydrogen) atoms. The minimum atomic E-state index is -0.609. The number of benzene rings is 1. The number of aromatic nitrogens is 2. The molecule has 0 radical (unpaired) electrons. The van der Waals surface area contributed by atoms with Crippen LogP contribution in [0.5, 0.6) is 5.75 Å². The molecule has 0 saturated carbocycles. The summed E-state index contributed by atoms with van der Waals surface area (Å²) >= 11 is 1.50. The number of aryl methyl sites for hydroxylation is 1. The van der Waals surface area contributed by atoms with E-state index < -0.39 is 5.97 Å². The van der Waals surface area contributed by atoms with Crippen molar-refractivity contribution >= 4 is 40.0 Å². The van der Waals surface area contributed by atoms with Crippen molar-refractivity contribution in [3.05, 3.63) is 59.1 Å². The molecular weight excluding hydrogens is 468 g/mol. The van der Waals surface area contributed by atoms with Gasteiger partial charge in [-0.15, -0.1) is 11.3 Å². The number of fused-ring (bicyclic) bond motifs is 1. The molecule has 180 valence electrons. The first-order valence-electron chi connectivity index (χ1n) is 11.2. The van der Waals surface area contributed by atoms with Crippen LogP contribution in [0.3, 0.4) is 0 Å². The predicted molar refractivity (Wildman–Crippen MR) is 132 cm³/mol. The van der Waals surface area contributed by atoms with E-state index in [0.717, 1.165) is 16.3 Å². The number of esters is 1. The van der Waals surface area contributed by atoms with Gasteiger partial charge in [0.15, 0.2) is 6.61 Å². The van der Waals surface area contributed by atoms with E-state index in [9.17, 15) is 9.59 Å². The summed E-state index contributed by atoms with van der Waals surface area (Å²) in [7, 11) is 1.65. The maximum Gasteiger partial charge on any atom is 0.339 e. The van der Waals surface area contributed by atoms with Crippen molar-refractivity contribution in [3.8, 4) is 16.3 Å². The quantitative estimate of drug-likeness (QED) is 0.375. The van der Waals surface area contributed by atoms with Crippen molar-refractivity contribution in [2.45, 2.75) is 6.92 Å². The fourth-order valence-corrected chi connectivity index (χ4v) is 4.88. The summed E-state index contributed by atoms with van der Waals surface area (Å²) in [6.45, 7) is 3.78. The summed E-state index contributed by atoms with van der Waals surface area (Å²) < 4.78 is 16.2. The Bertz CT molecular complexity index is 1360. The summed E-state index contributed by atoms with van der Waals surface area (Å²) in [5.41, 5.74) is 2.68. The molecular formula is C25H24N4O5S. The molecule has 10 heteroatoms. The van der Waals surface area contributed by atoms with Gasteiger partial charge in [-0.2, -0.15) is 0 Å². The number of methoxy groups -OCH3 is 1. The van der Waals surface area contributed by atoms with Crippen molar-refractivity contribution in [1.82, 2.24) is 15.0 Å². The van der Waals surface area contributed by atoms with Crippen LogP contribution in [-0.4, -0.2) is 66.8 Å². The number of pyridine rings is 1. The van der Waals surface area contributed by atoms with E-state index >= 15 is 0 Å². The number of hydrogen-bond donors (Lipinski definition) is 0. The van der Waals surface area contributed by atoms with Gasteiger partial charge in [-0.1, -0.05) is 23.4 Å². The van der Waals surface area contributed by atoms with Crippen LogP contribution in [0.4, 0.5) is 5.69 Å². The van der Waals surface area contributed by atoms with Crippen molar-refractivity contribution in [2.75, 3.05) is 44.8 Å². The van der Waals surface area contributed by atoms with Crippen molar-refractivity contribution in [3.63, 3.8) is 0 Å². The number of anilines is 1. The van der Waals surface area contributed by atoms with E-state index in [2.05, 4.69) is 15.0 Å². The zero-order valence-electron chi connectivity index (χ0n) is 19.4. The lowest BCUT2D eigenvalue weighted by Gasteiger charge is -2.36. The smallest absolute Gasteiger partial charge is 0.339 e. The lowest BCUT2D eigenvalue weighted by atomic mass is 10.1. The first kappa shape index (κ1) is 22.9. The maximum absolute atomic E-state index is 13.0. The van der Waals surface area contributed by atoms with Crippen LogP contribution < -0.4 is 9.64 Å². The summed E-state index contributed by atoms with van der Waals surface area (Å²) in [5, 5.41) is 6.37. The lowest BCUT2D eigenvalue weighted by molar-refractivity contribution is -0.134. The molecule has 1 amide bonds. The van der Waals surface area contributed by atoms with Crippen LogP contribution in [0.1, 0.15) is 16.1 Å². The van der Waals surface area contributed by atoms with Crippen LogP contribution in [0.2, 0.25) is 0 Å². The molecule has 1 fully saturated rings. The molecule has 0 N–H and O–H groups in total. The molecule has 4 heterocycles. The van der Waals surface area contributed by atoms with Gasteiger partial charge in [0, 0.05) is 26.2 Å². The average molecular weight is 493 g/mol. The zero-order valence-corrected chi connectivity index (χ0v) is 20.2. The highest BCUT2D eigenvalue weighted by Gasteiger charge is 2.25. The van der Waals surface area contributed by atoms with Gasteiger partial charge in [0.2, 0.25) is 0 Å². The van der Waals surface area contributed by atoms with Crippen molar-refractivity contribution < 1.29 is 23.6 Å². The molecule has 5 rings (SSSR count). The van der Waals surface area contributed by atoms with Gasteiger partial charge in [0.1, 0.15) is 5.75 Å². The van der Waals surface area contributed by atoms with Crippen LogP contribution in [-0.2, 0) is 9.53 Å². The average Bonchev–Trinajstić information content (AvgIpc) is 3.57. The molecule has 1 aromatic carbocycles. The molecule has 1 saturated heterocycles. The minimum absolute atomic E-state index is 0.233. The summed E-state index contributed by atoms with van der Waals surface area (Å²) in [6, 6.07) is 13.3. The van der Waals surface area contributed by atoms with E-state index in [1.54, 1.807) is 25.0 Å². The third-order valence-electron chi connectivity index (χ3n) is 6.00. The normalized spacial score (nSPS) is 13.8. The van der Waals surface area contributed by atoms with Crippen LogP contribution in [0, 0.1) is 6.92 Å². The first-order valence-corrected chi connectivity index (χ1v) is 12.1. The fraction of sp³-hybridized carbons (Fsp3) is 0.280. The second-order valence-corrected chi connectivity index (χ2v) is 9.04. The second-order valence-electron chi connectivity index (χ2n) is 8.10. The molecule has 0 aliphatic carbocycles. The maximum atomic E-state index is 13.0. The highest BCUT2D eigenvalue weighted by Crippen LogP contribution is 2.30. The van der Waals surface area contributed by atoms with Gasteiger partial charge in [-0.3, -0.25) is 4.79 Å². The van der Waals surface area contributed by atoms with Gasteiger partial charge in [0.05, 0.1) is 40.0 Å². The van der Waals surface area contributed by atoms with E-state index in [-0.39, 0.29) is 23.8 Å². The Balaban J connectivity index is 1.25. The Hall–Kier alpha value is -3.92. The van der Waals surface area contributed by atoms with Crippen molar-refractivity contribution in [1.29, 1.82) is 0 Å². The summed E-state index contributed by atoms with van der Waals surface area (Å²) in [5.74, 6) is -0.0396. The van der Waals surface area contributed by atoms with Gasteiger partial charge in [-0.25, -0.2) is 9.78 Å². The molecule has 4 aromatic rings. The molecule has 1 aliphatic rings. The molecule has 0 bridgehead atoms. The van der Waals surface area contributed by atoms with Crippen LogP contribution >= 0.6 is 11.3 Å². The monoisotopic (exact) mass is 492 g/mol. The third kappa shape index (κ3) is 4.57. The predicted octanol–water partition coefficient (Wildman–Crippen LogP) is 3.77. The third-order valence-corrected chi connectivity index (χ3v) is 6.89. The Kier molecular flexibility index (Phi) is 6.37. The number of carbonyl (C=O) groups excluding carboxylic acids is 2. The molecule has 0 spiro atoms. The van der Waals surface area contributed by atoms with Crippen molar-refractivity contribution in [2.24, 2.45) is 0 Å². The number of carbonyl (C=O) groups is 2. The topological polar surface area (TPSA) is 98.0 Å². The Morgan fingerprint density at radius 3 is 2.66 bits per heavy atom. The zero-order chi connectivity index (χ0) is 24.4. The molecule has 0 atom stereocenters. The van der Waals surface area contributed by atoms with E-state index in [0.29, 0.717) is 43.0 Å². The van der Waals surface area contributed by atoms with E-state index in [4.69, 9.17) is 14.0 Å². The molecule has 1 aliphatic heterocycles. The first-order chi connectivity index (χ1) is 17.0. The van der Waals surface area contributed by atoms with Gasteiger partial charge >= 0.3 is 5.97 Å². The highest BCUT2D eigenvalue weighted by atomic mass is 32.1. The Labute approximate surface area is 205 Å². The minimum Gasteiger partial charge on any atom is -0.495 e. The second kappa shape index (κ2) is 9.75. The summed E-state index contributed by atoms with van der Waals surface area (Å²) in [6.07, 6.45) is 0. The number of amides is 1. The number of hydrogen-bond acceptors (Lipinski definition) is 9. The molecule has 9 nitrogen and oxygen atoms in total. The van der Waals surface area contributed by atoms with Gasteiger partial charge < -0.3 is 23.8 Å². The van der Waals surface area contributed by atoms with E-state index in [1.807, 2.05) is 41.8 Å². The highest BCUT2D eigenvalue weighted by molar-refractivity contribution is 7.13. The Morgan fingerprint density at radius 1 is 1.11 bits per heavy atom. The number of para-hydroxylation sites is 2. The van der Waals surface area contributed by atoms with Crippen LogP contribution in [0.15, 0.2) is 52.4 Å². The summed E-state index contributed by atoms with van der Waals surface area (Å²) in [4.78, 5) is 35.1. The van der Waals surface area contributed by atoms with Gasteiger partial charge in [-0.05, 0) is 36.6 Å². The SMILES string of the molecule is COc1ccccc1N1CCN(C(=O)COC(=O)c2cc(-c3cccs3)nc3onc(C)c23)CC1. The van der Waals surface area contributed by atoms with E-state index in [1.165, 1.54) is 11.3 Å². The number of nitrogens with zero attached hydrogens (tertiary/aromatic N) is 4. The number of thiophene rings is 1. The van der Waals surface area contributed by atoms with Gasteiger partial charge in [0.25, 0.3) is 11.6 Å². The number of piperazine rings is 1. The fourth-order valence-electron chi connectivity index (χ4n) is 4.19. The molecule has 0 unspecified atom stereocenters. The number of ether oxygens (including phenoxy) is 2. The Morgan fingerprint density at radius 2 is 1.91 bits per heavy atom. The lowest BCUT2D eigenvalue weighted by Crippen LogP contribution is -2.50. The largest absolute Gasteiger partial charge is 0.495 e. The number of rotatable bonds is 6. The van der Waals surface area contributed by atoms with Crippen LogP contribution in [0.25, 0.3) is 21.7 Å².